The molecule has 0 saturated heterocycles. The zero-order valence-corrected chi connectivity index (χ0v) is 17.5. The molecule has 0 aliphatic carbocycles. The second-order valence-electron chi connectivity index (χ2n) is 6.34. The van der Waals surface area contributed by atoms with E-state index in [1.165, 1.54) is 11.8 Å². The van der Waals surface area contributed by atoms with Gasteiger partial charge in [0.2, 0.25) is 5.91 Å². The smallest absolute Gasteiger partial charge is 0.274 e. The van der Waals surface area contributed by atoms with Gasteiger partial charge in [-0.3, -0.25) is 9.59 Å². The normalized spacial score (nSPS) is 10.7. The van der Waals surface area contributed by atoms with Gasteiger partial charge in [-0.1, -0.05) is 36.4 Å². The van der Waals surface area contributed by atoms with Crippen LogP contribution in [0.1, 0.15) is 10.5 Å². The van der Waals surface area contributed by atoms with Crippen LogP contribution in [0.3, 0.4) is 0 Å². The Morgan fingerprint density at radius 2 is 1.80 bits per heavy atom. The van der Waals surface area contributed by atoms with E-state index in [4.69, 9.17) is 5.73 Å². The van der Waals surface area contributed by atoms with Gasteiger partial charge in [-0.25, -0.2) is 4.68 Å². The van der Waals surface area contributed by atoms with Crippen LogP contribution in [0.25, 0.3) is 16.3 Å². The highest BCUT2D eigenvalue weighted by molar-refractivity contribution is 8.00. The van der Waals surface area contributed by atoms with Crippen LogP contribution in [-0.4, -0.2) is 27.3 Å². The second kappa shape index (κ2) is 8.98. The first kappa shape index (κ1) is 19.9. The van der Waals surface area contributed by atoms with E-state index >= 15 is 0 Å². The fourth-order valence-corrected chi connectivity index (χ4v) is 4.31. The molecule has 0 aliphatic rings. The van der Waals surface area contributed by atoms with Gasteiger partial charge >= 0.3 is 0 Å². The van der Waals surface area contributed by atoms with Gasteiger partial charge in [-0.2, -0.15) is 5.10 Å². The Morgan fingerprint density at radius 1 is 1.03 bits per heavy atom. The van der Waals surface area contributed by atoms with Crippen molar-refractivity contribution in [3.63, 3.8) is 0 Å². The zero-order chi connectivity index (χ0) is 20.9. The molecule has 0 unspecified atom stereocenters. The number of carbonyl (C=O) groups excluding carboxylic acids is 2. The quantitative estimate of drug-likeness (QED) is 0.421. The molecule has 2 heterocycles. The molecule has 0 atom stereocenters. The number of thioether (sulfide) groups is 1. The number of para-hydroxylation sites is 2. The number of aromatic nitrogens is 2. The van der Waals surface area contributed by atoms with Gasteiger partial charge in [0, 0.05) is 4.90 Å². The molecule has 150 valence electrons. The summed E-state index contributed by atoms with van der Waals surface area (Å²) in [5.74, 6) is -0.567. The Morgan fingerprint density at radius 3 is 2.53 bits per heavy atom. The Hall–Kier alpha value is -3.36. The van der Waals surface area contributed by atoms with Gasteiger partial charge in [-0.15, -0.1) is 23.1 Å². The fourth-order valence-electron chi connectivity index (χ4n) is 2.88. The maximum atomic E-state index is 13.2. The lowest BCUT2D eigenvalue weighted by Gasteiger charge is -2.11. The molecule has 0 bridgehead atoms. The van der Waals surface area contributed by atoms with E-state index in [2.05, 4.69) is 10.4 Å². The summed E-state index contributed by atoms with van der Waals surface area (Å²) < 4.78 is 1.64. The van der Waals surface area contributed by atoms with Crippen molar-refractivity contribution in [3.8, 4) is 16.3 Å². The first-order valence-corrected chi connectivity index (χ1v) is 11.0. The minimum atomic E-state index is -0.413. The van der Waals surface area contributed by atoms with Crippen molar-refractivity contribution in [2.45, 2.75) is 4.90 Å². The number of primary amides is 1. The largest absolute Gasteiger partial charge is 0.369 e. The van der Waals surface area contributed by atoms with Crippen molar-refractivity contribution in [2.75, 3.05) is 11.1 Å². The maximum absolute atomic E-state index is 13.2. The van der Waals surface area contributed by atoms with E-state index in [0.29, 0.717) is 11.4 Å². The third kappa shape index (κ3) is 4.45. The van der Waals surface area contributed by atoms with Crippen molar-refractivity contribution < 1.29 is 9.59 Å². The van der Waals surface area contributed by atoms with Crippen LogP contribution in [0.5, 0.6) is 0 Å². The molecular weight excluding hydrogens is 416 g/mol. The molecule has 8 heteroatoms. The van der Waals surface area contributed by atoms with Gasteiger partial charge < -0.3 is 11.1 Å². The number of nitrogens with one attached hydrogen (secondary N) is 1. The van der Waals surface area contributed by atoms with Gasteiger partial charge in [-0.05, 0) is 41.8 Å². The minimum absolute atomic E-state index is 0.136. The molecule has 0 radical (unpaired) electrons. The predicted octanol–water partition coefficient (Wildman–Crippen LogP) is 4.43. The van der Waals surface area contributed by atoms with E-state index in [-0.39, 0.29) is 11.7 Å². The maximum Gasteiger partial charge on any atom is 0.274 e. The highest BCUT2D eigenvalue weighted by atomic mass is 32.2. The molecule has 0 aliphatic heterocycles. The summed E-state index contributed by atoms with van der Waals surface area (Å²) in [6.07, 6.45) is 0. The number of hydrogen-bond acceptors (Lipinski definition) is 5. The lowest BCUT2D eigenvalue weighted by Crippen LogP contribution is -2.18. The number of anilines is 1. The molecule has 6 nitrogen and oxygen atoms in total. The fraction of sp³-hybridized carbons (Fsp3) is 0.0455. The zero-order valence-electron chi connectivity index (χ0n) is 15.8. The SMILES string of the molecule is NC(=O)CSc1ccccc1NC(=O)c1cc(-c2cccs2)nn1-c1ccccc1. The monoisotopic (exact) mass is 434 g/mol. The molecule has 2 amide bonds. The van der Waals surface area contributed by atoms with E-state index in [9.17, 15) is 9.59 Å². The van der Waals surface area contributed by atoms with Crippen LogP contribution in [0.2, 0.25) is 0 Å². The lowest BCUT2D eigenvalue weighted by atomic mass is 10.2. The topological polar surface area (TPSA) is 90.0 Å². The predicted molar refractivity (Wildman–Crippen MR) is 121 cm³/mol. The summed E-state index contributed by atoms with van der Waals surface area (Å²) in [5.41, 5.74) is 7.82. The summed E-state index contributed by atoms with van der Waals surface area (Å²) >= 11 is 2.85. The first-order valence-electron chi connectivity index (χ1n) is 9.12. The lowest BCUT2D eigenvalue weighted by molar-refractivity contribution is -0.115. The van der Waals surface area contributed by atoms with Crippen LogP contribution in [0, 0.1) is 0 Å². The van der Waals surface area contributed by atoms with E-state index < -0.39 is 5.91 Å². The van der Waals surface area contributed by atoms with Crippen LogP contribution in [0.15, 0.2) is 83.1 Å². The van der Waals surface area contributed by atoms with Gasteiger partial charge in [0.1, 0.15) is 11.4 Å². The van der Waals surface area contributed by atoms with Gasteiger partial charge in [0.05, 0.1) is 22.0 Å². The Bertz CT molecular complexity index is 1170. The second-order valence-corrected chi connectivity index (χ2v) is 8.31. The molecule has 4 rings (SSSR count). The molecular formula is C22H18N4O2S2. The number of thiophene rings is 1. The standard InChI is InChI=1S/C22H18N4O2S2/c23-21(27)14-30-19-10-5-4-9-16(19)24-22(28)18-13-17(20-11-6-12-29-20)25-26(18)15-7-2-1-3-8-15/h1-13H,14H2,(H2,23,27)(H,24,28). The first-order chi connectivity index (χ1) is 14.6. The number of nitrogens with two attached hydrogens (primary N) is 1. The molecule has 0 saturated carbocycles. The van der Waals surface area contributed by atoms with Crippen molar-refractivity contribution in [1.29, 1.82) is 0 Å². The van der Waals surface area contributed by atoms with Crippen LogP contribution in [-0.2, 0) is 4.79 Å². The molecule has 2 aromatic heterocycles. The van der Waals surface area contributed by atoms with Gasteiger partial charge in [0.15, 0.2) is 0 Å². The highest BCUT2D eigenvalue weighted by Gasteiger charge is 2.19. The van der Waals surface area contributed by atoms with Crippen molar-refractivity contribution in [2.24, 2.45) is 5.73 Å². The molecule has 0 fully saturated rings. The minimum Gasteiger partial charge on any atom is -0.369 e. The third-order valence-electron chi connectivity index (χ3n) is 4.22. The molecule has 3 N–H and O–H groups in total. The van der Waals surface area contributed by atoms with E-state index in [0.717, 1.165) is 21.2 Å². The van der Waals surface area contributed by atoms with E-state index in [1.54, 1.807) is 28.2 Å². The summed E-state index contributed by atoms with van der Waals surface area (Å²) in [5, 5.41) is 9.59. The van der Waals surface area contributed by atoms with Crippen LogP contribution in [0.4, 0.5) is 5.69 Å². The average molecular weight is 435 g/mol. The Kier molecular flexibility index (Phi) is 5.97. The van der Waals surface area contributed by atoms with Crippen LogP contribution < -0.4 is 11.1 Å². The number of carbonyl (C=O) groups is 2. The number of nitrogens with zero attached hydrogens (tertiary/aromatic N) is 2. The highest BCUT2D eigenvalue weighted by Crippen LogP contribution is 2.29. The Balaban J connectivity index is 1.68. The van der Waals surface area contributed by atoms with Crippen molar-refractivity contribution in [3.05, 3.63) is 83.9 Å². The summed E-state index contributed by atoms with van der Waals surface area (Å²) in [6.45, 7) is 0. The summed E-state index contributed by atoms with van der Waals surface area (Å²) in [4.78, 5) is 26.1. The molecule has 2 aromatic carbocycles. The number of hydrogen-bond donors (Lipinski definition) is 2. The number of benzene rings is 2. The van der Waals surface area contributed by atoms with E-state index in [1.807, 2.05) is 66.0 Å². The number of amides is 2. The van der Waals surface area contributed by atoms with Crippen LogP contribution >= 0.6 is 23.1 Å². The third-order valence-corrected chi connectivity index (χ3v) is 6.21. The Labute approximate surface area is 181 Å². The molecule has 30 heavy (non-hydrogen) atoms. The van der Waals surface area contributed by atoms with Crippen molar-refractivity contribution >= 4 is 40.6 Å². The van der Waals surface area contributed by atoms with Gasteiger partial charge in [0.25, 0.3) is 5.91 Å². The average Bonchev–Trinajstić information content (AvgIpc) is 3.43. The summed E-state index contributed by atoms with van der Waals surface area (Å²) in [7, 11) is 0. The summed E-state index contributed by atoms with van der Waals surface area (Å²) in [6, 6.07) is 22.5. The number of rotatable bonds is 7. The molecule has 0 spiro atoms. The molecule has 4 aromatic rings. The van der Waals surface area contributed by atoms with Crippen molar-refractivity contribution in [1.82, 2.24) is 9.78 Å².